The van der Waals surface area contributed by atoms with E-state index in [1.165, 1.54) is 15.6 Å². The smallest absolute Gasteiger partial charge is 0.0130 e. The Bertz CT molecular complexity index is 277. The highest BCUT2D eigenvalue weighted by molar-refractivity contribution is 14.1. The Labute approximate surface area is 107 Å². The fraction of sp³-hybridized carbons (Fsp3) is 0.538. The van der Waals surface area contributed by atoms with Crippen LogP contribution in [-0.2, 0) is 6.42 Å². The van der Waals surface area contributed by atoms with Gasteiger partial charge in [0.1, 0.15) is 0 Å². The first-order valence-electron chi connectivity index (χ1n) is 5.59. The second-order valence-corrected chi connectivity index (χ2v) is 5.36. The second-order valence-electron chi connectivity index (χ2n) is 4.11. The molecule has 2 atom stereocenters. The van der Waals surface area contributed by atoms with Crippen LogP contribution in [0, 0.1) is 9.49 Å². The Morgan fingerprint density at radius 3 is 2.33 bits per heavy atom. The molecule has 0 saturated heterocycles. The molecule has 0 saturated carbocycles. The number of halogens is 1. The molecular formula is C13H20IN. The third-order valence-corrected chi connectivity index (χ3v) is 3.69. The molecule has 1 N–H and O–H groups in total. The average Bonchev–Trinajstić information content (AvgIpc) is 2.23. The van der Waals surface area contributed by atoms with Gasteiger partial charge in [-0.25, -0.2) is 0 Å². The minimum Gasteiger partial charge on any atom is -0.317 e. The van der Waals surface area contributed by atoms with Crippen molar-refractivity contribution in [3.63, 3.8) is 0 Å². The van der Waals surface area contributed by atoms with Crippen LogP contribution in [0.3, 0.4) is 0 Å². The fourth-order valence-electron chi connectivity index (χ4n) is 2.03. The first kappa shape index (κ1) is 13.0. The van der Waals surface area contributed by atoms with Gasteiger partial charge in [-0.1, -0.05) is 26.0 Å². The van der Waals surface area contributed by atoms with Crippen LogP contribution in [0.1, 0.15) is 25.8 Å². The van der Waals surface area contributed by atoms with Gasteiger partial charge in [-0.15, -0.1) is 0 Å². The molecule has 0 amide bonds. The van der Waals surface area contributed by atoms with Crippen molar-refractivity contribution in [2.45, 2.75) is 32.7 Å². The van der Waals surface area contributed by atoms with Crippen LogP contribution in [0.2, 0.25) is 0 Å². The third kappa shape index (κ3) is 4.11. The molecule has 1 nitrogen and oxygen atoms in total. The lowest BCUT2D eigenvalue weighted by Gasteiger charge is -2.22. The van der Waals surface area contributed by atoms with Crippen molar-refractivity contribution < 1.29 is 0 Å². The molecule has 2 heteroatoms. The van der Waals surface area contributed by atoms with Gasteiger partial charge in [-0.2, -0.15) is 0 Å². The zero-order chi connectivity index (χ0) is 11.3. The first-order valence-corrected chi connectivity index (χ1v) is 6.67. The van der Waals surface area contributed by atoms with Gasteiger partial charge >= 0.3 is 0 Å². The Balaban J connectivity index is 2.57. The minimum absolute atomic E-state index is 0.629. The molecule has 84 valence electrons. The molecule has 0 fully saturated rings. The van der Waals surface area contributed by atoms with Crippen molar-refractivity contribution in [2.75, 3.05) is 7.05 Å². The summed E-state index contributed by atoms with van der Waals surface area (Å²) in [5, 5.41) is 3.38. The minimum atomic E-state index is 0.629. The van der Waals surface area contributed by atoms with Gasteiger partial charge in [0.25, 0.3) is 0 Å². The van der Waals surface area contributed by atoms with Crippen LogP contribution in [0.15, 0.2) is 24.3 Å². The van der Waals surface area contributed by atoms with E-state index in [1.807, 2.05) is 0 Å². The quantitative estimate of drug-likeness (QED) is 0.820. The second kappa shape index (κ2) is 6.48. The summed E-state index contributed by atoms with van der Waals surface area (Å²) in [4.78, 5) is 0. The molecule has 0 heterocycles. The topological polar surface area (TPSA) is 12.0 Å². The zero-order valence-corrected chi connectivity index (χ0v) is 11.9. The maximum atomic E-state index is 3.38. The first-order chi connectivity index (χ1) is 7.17. The molecule has 1 rings (SSSR count). The monoisotopic (exact) mass is 317 g/mol. The molecule has 0 aliphatic heterocycles. The molecular weight excluding hydrogens is 297 g/mol. The summed E-state index contributed by atoms with van der Waals surface area (Å²) in [6.07, 6.45) is 2.36. The van der Waals surface area contributed by atoms with E-state index in [9.17, 15) is 0 Å². The number of nitrogens with one attached hydrogen (secondary N) is 1. The van der Waals surface area contributed by atoms with E-state index in [4.69, 9.17) is 0 Å². The van der Waals surface area contributed by atoms with Crippen LogP contribution in [0.5, 0.6) is 0 Å². The van der Waals surface area contributed by atoms with Gasteiger partial charge in [0.2, 0.25) is 0 Å². The van der Waals surface area contributed by atoms with E-state index < -0.39 is 0 Å². The van der Waals surface area contributed by atoms with Gasteiger partial charge in [-0.3, -0.25) is 0 Å². The molecule has 0 aromatic heterocycles. The maximum absolute atomic E-state index is 3.38. The Hall–Kier alpha value is -0.0900. The molecule has 0 spiro atoms. The van der Waals surface area contributed by atoms with Crippen molar-refractivity contribution in [3.05, 3.63) is 33.4 Å². The highest BCUT2D eigenvalue weighted by Crippen LogP contribution is 2.15. The SMILES string of the molecule is CCC(NC)C(C)Cc1ccc(I)cc1. The Morgan fingerprint density at radius 1 is 1.27 bits per heavy atom. The lowest BCUT2D eigenvalue weighted by Crippen LogP contribution is -2.32. The normalized spacial score (nSPS) is 14.9. The summed E-state index contributed by atoms with van der Waals surface area (Å²) in [6, 6.07) is 9.47. The van der Waals surface area contributed by atoms with Gasteiger partial charge in [0.05, 0.1) is 0 Å². The standard InChI is InChI=1S/C13H20IN/c1-4-13(15-3)10(2)9-11-5-7-12(14)8-6-11/h5-8,10,13,15H,4,9H2,1-3H3. The number of benzene rings is 1. The summed E-state index contributed by atoms with van der Waals surface area (Å²) in [7, 11) is 2.05. The van der Waals surface area contributed by atoms with Crippen molar-refractivity contribution in [1.82, 2.24) is 5.32 Å². The van der Waals surface area contributed by atoms with Crippen molar-refractivity contribution in [1.29, 1.82) is 0 Å². The molecule has 0 aliphatic carbocycles. The lowest BCUT2D eigenvalue weighted by molar-refractivity contribution is 0.387. The van der Waals surface area contributed by atoms with Crippen LogP contribution < -0.4 is 5.32 Å². The van der Waals surface area contributed by atoms with E-state index in [1.54, 1.807) is 0 Å². The van der Waals surface area contributed by atoms with E-state index in [2.05, 4.69) is 73.1 Å². The zero-order valence-electron chi connectivity index (χ0n) is 9.76. The summed E-state index contributed by atoms with van der Waals surface area (Å²) in [6.45, 7) is 4.56. The molecule has 0 aliphatic rings. The summed E-state index contributed by atoms with van der Waals surface area (Å²) in [5.41, 5.74) is 1.44. The lowest BCUT2D eigenvalue weighted by atomic mass is 9.92. The number of rotatable bonds is 5. The summed E-state index contributed by atoms with van der Waals surface area (Å²) < 4.78 is 1.31. The van der Waals surface area contributed by atoms with Crippen molar-refractivity contribution in [3.8, 4) is 0 Å². The van der Waals surface area contributed by atoms with Gasteiger partial charge in [0.15, 0.2) is 0 Å². The van der Waals surface area contributed by atoms with Gasteiger partial charge in [0, 0.05) is 9.61 Å². The molecule has 1 aromatic carbocycles. The Kier molecular flexibility index (Phi) is 5.61. The Morgan fingerprint density at radius 2 is 1.87 bits per heavy atom. The largest absolute Gasteiger partial charge is 0.317 e. The number of hydrogen-bond acceptors (Lipinski definition) is 1. The molecule has 1 aromatic rings. The van der Waals surface area contributed by atoms with Crippen LogP contribution in [0.25, 0.3) is 0 Å². The maximum Gasteiger partial charge on any atom is 0.0130 e. The summed E-state index contributed by atoms with van der Waals surface area (Å²) >= 11 is 2.35. The highest BCUT2D eigenvalue weighted by atomic mass is 127. The molecule has 15 heavy (non-hydrogen) atoms. The van der Waals surface area contributed by atoms with E-state index in [0.29, 0.717) is 12.0 Å². The molecule has 0 radical (unpaired) electrons. The predicted octanol–water partition coefficient (Wildman–Crippen LogP) is 3.47. The van der Waals surface area contributed by atoms with Crippen LogP contribution in [0.4, 0.5) is 0 Å². The molecule has 2 unspecified atom stereocenters. The number of hydrogen-bond donors (Lipinski definition) is 1. The third-order valence-electron chi connectivity index (χ3n) is 2.97. The molecule has 0 bridgehead atoms. The van der Waals surface area contributed by atoms with E-state index in [0.717, 1.165) is 6.42 Å². The van der Waals surface area contributed by atoms with Crippen molar-refractivity contribution >= 4 is 22.6 Å². The van der Waals surface area contributed by atoms with E-state index in [-0.39, 0.29) is 0 Å². The van der Waals surface area contributed by atoms with Gasteiger partial charge < -0.3 is 5.32 Å². The average molecular weight is 317 g/mol. The van der Waals surface area contributed by atoms with Crippen molar-refractivity contribution in [2.24, 2.45) is 5.92 Å². The van der Waals surface area contributed by atoms with Gasteiger partial charge in [-0.05, 0) is 66.1 Å². The van der Waals surface area contributed by atoms with Crippen LogP contribution in [-0.4, -0.2) is 13.1 Å². The van der Waals surface area contributed by atoms with E-state index >= 15 is 0 Å². The van der Waals surface area contributed by atoms with Crippen LogP contribution >= 0.6 is 22.6 Å². The fourth-order valence-corrected chi connectivity index (χ4v) is 2.39. The summed E-state index contributed by atoms with van der Waals surface area (Å²) in [5.74, 6) is 0.695. The highest BCUT2D eigenvalue weighted by Gasteiger charge is 2.13. The predicted molar refractivity (Wildman–Crippen MR) is 75.2 cm³/mol.